The lowest BCUT2D eigenvalue weighted by atomic mass is 10.1. The van der Waals surface area contributed by atoms with E-state index in [0.717, 1.165) is 11.3 Å². The number of hydrogen-bond donors (Lipinski definition) is 1. The van der Waals surface area contributed by atoms with Crippen LogP contribution in [0, 0.1) is 0 Å². The van der Waals surface area contributed by atoms with E-state index in [1.807, 2.05) is 45.0 Å². The van der Waals surface area contributed by atoms with E-state index in [2.05, 4.69) is 19.9 Å². The molecule has 0 saturated heterocycles. The van der Waals surface area contributed by atoms with Crippen LogP contribution in [0.25, 0.3) is 22.4 Å². The van der Waals surface area contributed by atoms with Crippen LogP contribution in [-0.4, -0.2) is 32.6 Å². The molecule has 0 aliphatic carbocycles. The van der Waals surface area contributed by atoms with Crippen molar-refractivity contribution in [2.24, 2.45) is 0 Å². The van der Waals surface area contributed by atoms with E-state index in [1.54, 1.807) is 6.20 Å². The average Bonchev–Trinajstić information content (AvgIpc) is 2.55. The highest BCUT2D eigenvalue weighted by Crippen LogP contribution is 2.25. The topological polar surface area (TPSA) is 96.0 Å². The van der Waals surface area contributed by atoms with E-state index in [1.165, 1.54) is 0 Å². The predicted molar refractivity (Wildman–Crippen MR) is 91.9 cm³/mol. The molecule has 0 aliphatic rings. The van der Waals surface area contributed by atoms with Crippen LogP contribution >= 0.6 is 0 Å². The van der Waals surface area contributed by atoms with Gasteiger partial charge in [-0.05, 0) is 45.0 Å². The van der Waals surface area contributed by atoms with E-state index in [-0.39, 0.29) is 12.1 Å². The Morgan fingerprint density at radius 2 is 1.83 bits per heavy atom. The second-order valence-electron chi connectivity index (χ2n) is 5.44. The molecule has 3 rings (SSSR count). The van der Waals surface area contributed by atoms with Gasteiger partial charge in [0, 0.05) is 5.56 Å². The molecule has 2 aromatic heterocycles. The van der Waals surface area contributed by atoms with Gasteiger partial charge in [-0.1, -0.05) is 0 Å². The fourth-order valence-electron chi connectivity index (χ4n) is 2.25. The number of rotatable bonds is 5. The second kappa shape index (κ2) is 6.66. The van der Waals surface area contributed by atoms with Crippen molar-refractivity contribution < 1.29 is 9.47 Å². The monoisotopic (exact) mass is 325 g/mol. The van der Waals surface area contributed by atoms with E-state index in [9.17, 15) is 0 Å². The lowest BCUT2D eigenvalue weighted by Gasteiger charge is -2.10. The number of nitrogens with zero attached hydrogens (tertiary/aromatic N) is 4. The van der Waals surface area contributed by atoms with Gasteiger partial charge in [-0.25, -0.2) is 9.97 Å². The molecule has 0 aliphatic heterocycles. The number of nitrogens with two attached hydrogens (primary N) is 1. The third-order valence-electron chi connectivity index (χ3n) is 3.20. The first kappa shape index (κ1) is 15.9. The fraction of sp³-hybridized carbons (Fsp3) is 0.294. The van der Waals surface area contributed by atoms with Crippen LogP contribution in [0.1, 0.15) is 20.8 Å². The van der Waals surface area contributed by atoms with Crippen LogP contribution in [-0.2, 0) is 0 Å². The predicted octanol–water partition coefficient (Wildman–Crippen LogP) is 2.85. The molecule has 1 aromatic carbocycles. The summed E-state index contributed by atoms with van der Waals surface area (Å²) in [5.41, 5.74) is 8.20. The summed E-state index contributed by atoms with van der Waals surface area (Å²) in [7, 11) is 0. The molecule has 2 N–H and O–H groups in total. The molecule has 3 aromatic rings. The number of hydrogen-bond acceptors (Lipinski definition) is 7. The smallest absolute Gasteiger partial charge is 0.247 e. The van der Waals surface area contributed by atoms with E-state index in [4.69, 9.17) is 15.2 Å². The van der Waals surface area contributed by atoms with Gasteiger partial charge in [0.2, 0.25) is 11.8 Å². The number of nitrogen functional groups attached to an aromatic ring is 1. The van der Waals surface area contributed by atoms with Crippen LogP contribution in [0.3, 0.4) is 0 Å². The quantitative estimate of drug-likeness (QED) is 0.770. The van der Waals surface area contributed by atoms with E-state index in [0.29, 0.717) is 29.3 Å². The van der Waals surface area contributed by atoms with Crippen LogP contribution in [0.15, 0.2) is 30.5 Å². The first-order valence-corrected chi connectivity index (χ1v) is 7.77. The molecule has 7 nitrogen and oxygen atoms in total. The highest BCUT2D eigenvalue weighted by Gasteiger charge is 2.12. The first-order chi connectivity index (χ1) is 11.6. The molecule has 0 spiro atoms. The minimum atomic E-state index is 0.114. The van der Waals surface area contributed by atoms with Gasteiger partial charge < -0.3 is 15.2 Å². The van der Waals surface area contributed by atoms with Crippen LogP contribution < -0.4 is 15.2 Å². The molecule has 0 radical (unpaired) electrons. The Morgan fingerprint density at radius 1 is 1.08 bits per heavy atom. The average molecular weight is 325 g/mol. The lowest BCUT2D eigenvalue weighted by Crippen LogP contribution is -2.05. The van der Waals surface area contributed by atoms with E-state index < -0.39 is 0 Å². The molecule has 124 valence electrons. The standard InChI is InChI=1S/C17H19N5O2/c1-4-23-16-14-15(21-17(18)22-16)19-9-13(20-14)11-5-7-12(8-6-11)24-10(2)3/h5-10H,4H2,1-3H3,(H2,18,19,21,22). The van der Waals surface area contributed by atoms with Crippen molar-refractivity contribution in [1.82, 2.24) is 19.9 Å². The van der Waals surface area contributed by atoms with Crippen molar-refractivity contribution in [2.75, 3.05) is 12.3 Å². The molecule has 0 fully saturated rings. The molecule has 0 unspecified atom stereocenters. The molecule has 2 heterocycles. The number of fused-ring (bicyclic) bond motifs is 1. The maximum atomic E-state index is 5.68. The maximum Gasteiger partial charge on any atom is 0.247 e. The van der Waals surface area contributed by atoms with E-state index >= 15 is 0 Å². The molecule has 24 heavy (non-hydrogen) atoms. The molecule has 0 bridgehead atoms. The Labute approximate surface area is 139 Å². The molecule has 0 saturated carbocycles. The Kier molecular flexibility index (Phi) is 4.41. The zero-order valence-electron chi connectivity index (χ0n) is 13.9. The number of anilines is 1. The van der Waals surface area contributed by atoms with Gasteiger partial charge in [-0.2, -0.15) is 9.97 Å². The summed E-state index contributed by atoms with van der Waals surface area (Å²) in [6.07, 6.45) is 1.79. The van der Waals surface area contributed by atoms with Gasteiger partial charge >= 0.3 is 0 Å². The summed E-state index contributed by atoms with van der Waals surface area (Å²) in [5, 5.41) is 0. The Morgan fingerprint density at radius 3 is 2.50 bits per heavy atom. The van der Waals surface area contributed by atoms with Crippen molar-refractivity contribution in [3.05, 3.63) is 30.5 Å². The molecule has 0 atom stereocenters. The van der Waals surface area contributed by atoms with Crippen LogP contribution in [0.5, 0.6) is 11.6 Å². The largest absolute Gasteiger partial charge is 0.491 e. The van der Waals surface area contributed by atoms with Gasteiger partial charge in [0.05, 0.1) is 24.6 Å². The summed E-state index contributed by atoms with van der Waals surface area (Å²) in [6.45, 7) is 6.31. The van der Waals surface area contributed by atoms with Gasteiger partial charge in [0.25, 0.3) is 0 Å². The van der Waals surface area contributed by atoms with Gasteiger partial charge in [-0.15, -0.1) is 0 Å². The van der Waals surface area contributed by atoms with Gasteiger partial charge in [0.15, 0.2) is 11.2 Å². The first-order valence-electron chi connectivity index (χ1n) is 7.77. The van der Waals surface area contributed by atoms with Crippen molar-refractivity contribution in [2.45, 2.75) is 26.9 Å². The number of aromatic nitrogens is 4. The third-order valence-corrected chi connectivity index (χ3v) is 3.20. The highest BCUT2D eigenvalue weighted by molar-refractivity contribution is 5.79. The Bertz CT molecular complexity index is 849. The minimum Gasteiger partial charge on any atom is -0.491 e. The normalized spacial score (nSPS) is 11.0. The van der Waals surface area contributed by atoms with Gasteiger partial charge in [0.1, 0.15) is 5.75 Å². The molecular formula is C17H19N5O2. The molecule has 0 amide bonds. The second-order valence-corrected chi connectivity index (χ2v) is 5.44. The lowest BCUT2D eigenvalue weighted by molar-refractivity contribution is 0.242. The number of benzene rings is 1. The number of ether oxygens (including phenoxy) is 2. The van der Waals surface area contributed by atoms with Crippen molar-refractivity contribution in [1.29, 1.82) is 0 Å². The summed E-state index contributed by atoms with van der Waals surface area (Å²) < 4.78 is 11.1. The van der Waals surface area contributed by atoms with Crippen molar-refractivity contribution in [3.8, 4) is 22.9 Å². The highest BCUT2D eigenvalue weighted by atomic mass is 16.5. The van der Waals surface area contributed by atoms with Crippen LogP contribution in [0.2, 0.25) is 0 Å². The summed E-state index contributed by atoms with van der Waals surface area (Å²) >= 11 is 0. The van der Waals surface area contributed by atoms with Crippen molar-refractivity contribution in [3.63, 3.8) is 0 Å². The Hall–Kier alpha value is -2.96. The zero-order valence-corrected chi connectivity index (χ0v) is 13.9. The van der Waals surface area contributed by atoms with Crippen molar-refractivity contribution >= 4 is 17.1 Å². The van der Waals surface area contributed by atoms with Gasteiger partial charge in [-0.3, -0.25) is 0 Å². The van der Waals surface area contributed by atoms with Crippen LogP contribution in [0.4, 0.5) is 5.95 Å². The Balaban J connectivity index is 2.00. The maximum absolute atomic E-state index is 5.68. The third kappa shape index (κ3) is 3.34. The summed E-state index contributed by atoms with van der Waals surface area (Å²) in [6, 6.07) is 7.69. The SMILES string of the molecule is CCOc1nc(N)nc2ncc(-c3ccc(OC(C)C)cc3)nc12. The summed E-state index contributed by atoms with van der Waals surface area (Å²) in [5.74, 6) is 1.27. The zero-order chi connectivity index (χ0) is 17.1. The fourth-order valence-corrected chi connectivity index (χ4v) is 2.25. The molecular weight excluding hydrogens is 306 g/mol. The molecule has 7 heteroatoms. The minimum absolute atomic E-state index is 0.114. The summed E-state index contributed by atoms with van der Waals surface area (Å²) in [4.78, 5) is 17.1.